The Kier molecular flexibility index (Phi) is 5.82. The zero-order chi connectivity index (χ0) is 24.6. The summed E-state index contributed by atoms with van der Waals surface area (Å²) < 4.78 is 7.41. The van der Waals surface area contributed by atoms with Crippen LogP contribution in [0.3, 0.4) is 0 Å². The van der Waals surface area contributed by atoms with Gasteiger partial charge in [0.2, 0.25) is 0 Å². The lowest BCUT2D eigenvalue weighted by Gasteiger charge is -2.46. The number of anilines is 1. The number of amides is 1. The van der Waals surface area contributed by atoms with Crippen LogP contribution >= 0.6 is 0 Å². The molecule has 178 valence electrons. The minimum absolute atomic E-state index is 0.304. The summed E-state index contributed by atoms with van der Waals surface area (Å²) in [7, 11) is 0. The molecule has 1 aliphatic carbocycles. The van der Waals surface area contributed by atoms with Gasteiger partial charge in [0, 0.05) is 35.4 Å². The van der Waals surface area contributed by atoms with Gasteiger partial charge in [-0.2, -0.15) is 10.4 Å². The van der Waals surface area contributed by atoms with Gasteiger partial charge < -0.3 is 15.0 Å². The molecule has 2 atom stereocenters. The molecule has 1 amide bonds. The summed E-state index contributed by atoms with van der Waals surface area (Å²) >= 11 is 0. The van der Waals surface area contributed by atoms with Crippen LogP contribution in [0.25, 0.3) is 16.6 Å². The number of aromatic nitrogens is 3. The molecule has 0 aromatic carbocycles. The molecule has 2 fully saturated rings. The lowest BCUT2D eigenvalue weighted by Crippen LogP contribution is -2.57. The van der Waals surface area contributed by atoms with Crippen molar-refractivity contribution < 1.29 is 9.53 Å². The number of pyridine rings is 2. The molecule has 8 nitrogen and oxygen atoms in total. The van der Waals surface area contributed by atoms with Crippen LogP contribution in [-0.2, 0) is 4.79 Å². The summed E-state index contributed by atoms with van der Waals surface area (Å²) in [6, 6.07) is 8.55. The van der Waals surface area contributed by atoms with Crippen molar-refractivity contribution in [2.24, 2.45) is 5.92 Å². The third-order valence-corrected chi connectivity index (χ3v) is 7.05. The van der Waals surface area contributed by atoms with Gasteiger partial charge in [0.15, 0.2) is 0 Å². The van der Waals surface area contributed by atoms with E-state index in [4.69, 9.17) is 16.1 Å². The van der Waals surface area contributed by atoms with Crippen LogP contribution in [0.5, 0.6) is 5.75 Å². The lowest BCUT2D eigenvalue weighted by molar-refractivity contribution is -0.117. The number of fused-ring (bicyclic) bond motifs is 1. The molecule has 1 N–H and O–H groups in total. The molecule has 5 rings (SSSR count). The predicted molar refractivity (Wildman–Crippen MR) is 133 cm³/mol. The van der Waals surface area contributed by atoms with Crippen LogP contribution in [0.2, 0.25) is 0 Å². The van der Waals surface area contributed by atoms with Gasteiger partial charge in [0.1, 0.15) is 17.6 Å². The van der Waals surface area contributed by atoms with Crippen molar-refractivity contribution in [2.45, 2.75) is 51.1 Å². The van der Waals surface area contributed by atoms with Crippen molar-refractivity contribution >= 4 is 17.2 Å². The largest absolute Gasteiger partial charge is 0.492 e. The highest BCUT2D eigenvalue weighted by molar-refractivity contribution is 5.93. The number of nitriles is 1. The fourth-order valence-electron chi connectivity index (χ4n) is 5.18. The topological polar surface area (TPSA) is 95.5 Å². The van der Waals surface area contributed by atoms with E-state index in [0.29, 0.717) is 29.9 Å². The Labute approximate surface area is 204 Å². The van der Waals surface area contributed by atoms with E-state index in [1.807, 2.05) is 31.3 Å². The molecule has 3 aromatic rings. The van der Waals surface area contributed by atoms with Gasteiger partial charge >= 0.3 is 0 Å². The SMILES string of the molecule is C#CC(=O)NC1(C)CCN(c2ccc(-c3cc(OCC)cn4ncc(C#N)c34)cn2)C(C2CC2)C1. The van der Waals surface area contributed by atoms with Crippen LogP contribution in [0.1, 0.15) is 45.1 Å². The van der Waals surface area contributed by atoms with E-state index in [2.05, 4.69) is 34.2 Å². The number of hydrogen-bond acceptors (Lipinski definition) is 6. The van der Waals surface area contributed by atoms with E-state index >= 15 is 0 Å². The molecule has 3 aromatic heterocycles. The van der Waals surface area contributed by atoms with Crippen molar-refractivity contribution in [3.05, 3.63) is 42.4 Å². The number of carbonyl (C=O) groups excluding carboxylic acids is 1. The Morgan fingerprint density at radius 3 is 2.86 bits per heavy atom. The second kappa shape index (κ2) is 8.96. The fourth-order valence-corrected chi connectivity index (χ4v) is 5.18. The van der Waals surface area contributed by atoms with Crippen LogP contribution < -0.4 is 15.0 Å². The second-order valence-electron chi connectivity index (χ2n) is 9.60. The maximum absolute atomic E-state index is 11.9. The van der Waals surface area contributed by atoms with Crippen LogP contribution in [0.4, 0.5) is 5.82 Å². The van der Waals surface area contributed by atoms with Crippen molar-refractivity contribution in [1.29, 1.82) is 5.26 Å². The highest BCUT2D eigenvalue weighted by Crippen LogP contribution is 2.43. The van der Waals surface area contributed by atoms with E-state index in [9.17, 15) is 10.1 Å². The van der Waals surface area contributed by atoms with Crippen molar-refractivity contribution in [1.82, 2.24) is 19.9 Å². The van der Waals surface area contributed by atoms with Gasteiger partial charge in [-0.05, 0) is 69.6 Å². The molecular formula is C27H28N6O2. The molecule has 1 saturated carbocycles. The highest BCUT2D eigenvalue weighted by atomic mass is 16.5. The number of nitrogens with one attached hydrogen (secondary N) is 1. The number of nitrogens with zero attached hydrogens (tertiary/aromatic N) is 5. The summed E-state index contributed by atoms with van der Waals surface area (Å²) in [4.78, 5) is 19.1. The van der Waals surface area contributed by atoms with Crippen molar-refractivity contribution in [3.63, 3.8) is 0 Å². The number of hydrogen-bond donors (Lipinski definition) is 1. The Morgan fingerprint density at radius 2 is 2.20 bits per heavy atom. The monoisotopic (exact) mass is 468 g/mol. The standard InChI is InChI=1S/C27H28N6O2/c1-4-25(34)31-27(3)10-11-32(23(13-27)18-6-7-18)24-9-8-19(15-29-24)22-12-21(35-5-2)17-33-26(22)20(14-28)16-30-33/h1,8-9,12,15-18,23H,5-7,10-11,13H2,2-3H3,(H,31,34). The first kappa shape index (κ1) is 22.7. The van der Waals surface area contributed by atoms with Gasteiger partial charge in [-0.15, -0.1) is 6.42 Å². The lowest BCUT2D eigenvalue weighted by atomic mass is 9.82. The van der Waals surface area contributed by atoms with E-state index < -0.39 is 0 Å². The molecule has 1 aliphatic heterocycles. The first-order valence-corrected chi connectivity index (χ1v) is 12.0. The summed E-state index contributed by atoms with van der Waals surface area (Å²) in [6.07, 6.45) is 14.5. The molecule has 1 saturated heterocycles. The van der Waals surface area contributed by atoms with Gasteiger partial charge in [0.05, 0.1) is 30.1 Å². The number of terminal acetylenes is 1. The molecule has 0 bridgehead atoms. The quantitative estimate of drug-likeness (QED) is 0.556. The molecule has 4 heterocycles. The number of carbonyl (C=O) groups is 1. The normalized spacial score (nSPS) is 21.8. The molecule has 0 radical (unpaired) electrons. The summed E-state index contributed by atoms with van der Waals surface area (Å²) in [6.45, 7) is 5.34. The van der Waals surface area contributed by atoms with Crippen molar-refractivity contribution in [3.8, 4) is 35.3 Å². The minimum atomic E-state index is -0.352. The maximum atomic E-state index is 11.9. The smallest absolute Gasteiger partial charge is 0.296 e. The summed E-state index contributed by atoms with van der Waals surface area (Å²) in [5, 5.41) is 17.0. The van der Waals surface area contributed by atoms with Gasteiger partial charge in [0.25, 0.3) is 5.91 Å². The summed E-state index contributed by atoms with van der Waals surface area (Å²) in [5.74, 6) is 4.04. The number of ether oxygens (including phenoxy) is 1. The minimum Gasteiger partial charge on any atom is -0.492 e. The van der Waals surface area contributed by atoms with E-state index in [1.165, 1.54) is 12.8 Å². The molecule has 0 spiro atoms. The number of piperidine rings is 1. The zero-order valence-electron chi connectivity index (χ0n) is 20.0. The maximum Gasteiger partial charge on any atom is 0.296 e. The van der Waals surface area contributed by atoms with Gasteiger partial charge in [-0.1, -0.05) is 0 Å². The van der Waals surface area contributed by atoms with Gasteiger partial charge in [-0.25, -0.2) is 9.50 Å². The molecule has 35 heavy (non-hydrogen) atoms. The van der Waals surface area contributed by atoms with Crippen molar-refractivity contribution in [2.75, 3.05) is 18.1 Å². The average Bonchev–Trinajstić information content (AvgIpc) is 3.63. The Balaban J connectivity index is 1.45. The zero-order valence-corrected chi connectivity index (χ0v) is 20.0. The fraction of sp³-hybridized carbons (Fsp3) is 0.407. The van der Waals surface area contributed by atoms with Gasteiger partial charge in [-0.3, -0.25) is 4.79 Å². The van der Waals surface area contributed by atoms with E-state index in [-0.39, 0.29) is 11.4 Å². The first-order valence-electron chi connectivity index (χ1n) is 12.0. The Bertz CT molecular complexity index is 1340. The predicted octanol–water partition coefficient (Wildman–Crippen LogP) is 3.55. The third kappa shape index (κ3) is 4.40. The summed E-state index contributed by atoms with van der Waals surface area (Å²) in [5.41, 5.74) is 2.67. The van der Waals surface area contributed by atoms with Crippen LogP contribution in [-0.4, -0.2) is 45.2 Å². The molecule has 8 heteroatoms. The van der Waals surface area contributed by atoms with Crippen LogP contribution in [0, 0.1) is 29.6 Å². The Hall–Kier alpha value is -4.04. The molecular weight excluding hydrogens is 440 g/mol. The average molecular weight is 469 g/mol. The van der Waals surface area contributed by atoms with Crippen LogP contribution in [0.15, 0.2) is 36.8 Å². The van der Waals surface area contributed by atoms with E-state index in [1.54, 1.807) is 16.9 Å². The third-order valence-electron chi connectivity index (χ3n) is 7.05. The van der Waals surface area contributed by atoms with E-state index in [0.717, 1.165) is 41.8 Å². The number of rotatable bonds is 6. The molecule has 2 aliphatic rings. The highest BCUT2D eigenvalue weighted by Gasteiger charge is 2.44. The first-order chi connectivity index (χ1) is 16.9. The second-order valence-corrected chi connectivity index (χ2v) is 9.60. The molecule has 2 unspecified atom stereocenters. The Morgan fingerprint density at radius 1 is 1.37 bits per heavy atom.